The minimum Gasteiger partial charge on any atom is -0.478 e. The summed E-state index contributed by atoms with van der Waals surface area (Å²) < 4.78 is 0. The Hall–Kier alpha value is -4.23. The molecule has 0 amide bonds. The minimum atomic E-state index is -1.70. The van der Waals surface area contributed by atoms with Crippen LogP contribution in [0.2, 0.25) is 0 Å². The maximum Gasteiger partial charge on any atom is 0.336 e. The number of carbonyl (C=O) groups excluding carboxylic acids is 3. The van der Waals surface area contributed by atoms with Crippen molar-refractivity contribution >= 4 is 36.1 Å². The Bertz CT molecular complexity index is 1010. The molecular weight excluding hydrogens is 402 g/mol. The minimum absolute atomic E-state index is 0.0740. The summed E-state index contributed by atoms with van der Waals surface area (Å²) in [7, 11) is 0. The molecule has 1 rings (SSSR count). The average molecular weight is 417 g/mol. The largest absolute Gasteiger partial charge is 0.478 e. The number of hydrogen-bond donors (Lipinski definition) is 3. The first kappa shape index (κ1) is 23.8. The summed E-state index contributed by atoms with van der Waals surface area (Å²) in [5, 5.41) is 29.1. The van der Waals surface area contributed by atoms with Crippen LogP contribution in [0.5, 0.6) is 0 Å². The molecule has 0 aliphatic rings. The fraction of sp³-hybridized carbons (Fsp3) is 0.333. The number of carboxylic acid groups (broad SMARTS) is 3. The Labute approximate surface area is 168 Å². The van der Waals surface area contributed by atoms with Crippen LogP contribution >= 0.6 is 0 Å². The van der Waals surface area contributed by atoms with Gasteiger partial charge < -0.3 is 15.3 Å². The van der Waals surface area contributed by atoms with Gasteiger partial charge in [-0.1, -0.05) is 0 Å². The molecule has 0 aliphatic carbocycles. The summed E-state index contributed by atoms with van der Waals surface area (Å²) in [4.78, 5) is 76.8. The molecule has 3 N–H and O–H groups in total. The van der Waals surface area contributed by atoms with Crippen LogP contribution in [0.15, 0.2) is 15.0 Å². The lowest BCUT2D eigenvalue weighted by Crippen LogP contribution is -2.23. The molecule has 156 valence electrons. The van der Waals surface area contributed by atoms with E-state index >= 15 is 0 Å². The lowest BCUT2D eigenvalue weighted by molar-refractivity contribution is 0.0646. The molecule has 0 unspecified atom stereocenters. The van der Waals surface area contributed by atoms with Crippen LogP contribution in [0.1, 0.15) is 47.8 Å². The predicted octanol–water partition coefficient (Wildman–Crippen LogP) is 0.416. The molecule has 0 radical (unpaired) electrons. The first-order valence-corrected chi connectivity index (χ1v) is 8.33. The Balaban J connectivity index is 4.06. The van der Waals surface area contributed by atoms with Crippen LogP contribution in [-0.4, -0.2) is 71.1 Å². The molecule has 0 aliphatic heterocycles. The fourth-order valence-electron chi connectivity index (χ4n) is 3.08. The van der Waals surface area contributed by atoms with Crippen LogP contribution < -0.4 is 0 Å². The van der Waals surface area contributed by atoms with Gasteiger partial charge in [0.15, 0.2) is 0 Å². The zero-order valence-corrected chi connectivity index (χ0v) is 15.4. The van der Waals surface area contributed by atoms with Gasteiger partial charge in [0.05, 0.1) is 36.3 Å². The molecule has 0 saturated heterocycles. The highest BCUT2D eigenvalue weighted by Gasteiger charge is 2.32. The molecule has 30 heavy (non-hydrogen) atoms. The van der Waals surface area contributed by atoms with Crippen molar-refractivity contribution in [3.8, 4) is 0 Å². The number of benzene rings is 1. The molecule has 0 aromatic heterocycles. The van der Waals surface area contributed by atoms with Crippen LogP contribution in [0.4, 0.5) is 0 Å². The highest BCUT2D eigenvalue weighted by molar-refractivity contribution is 6.07. The van der Waals surface area contributed by atoms with E-state index in [1.165, 1.54) is 18.2 Å². The predicted molar refractivity (Wildman–Crippen MR) is 97.4 cm³/mol. The molecule has 0 spiro atoms. The third-order valence-electron chi connectivity index (χ3n) is 4.08. The second-order valence-electron chi connectivity index (χ2n) is 5.65. The summed E-state index contributed by atoms with van der Waals surface area (Å²) in [5.74, 6) is -4.89. The highest BCUT2D eigenvalue weighted by atomic mass is 16.4. The van der Waals surface area contributed by atoms with Crippen molar-refractivity contribution in [1.82, 2.24) is 0 Å². The van der Waals surface area contributed by atoms with E-state index in [9.17, 15) is 44.1 Å². The molecule has 1 aromatic rings. The number of aromatic carboxylic acids is 3. The number of isocyanates is 3. The smallest absolute Gasteiger partial charge is 0.336 e. The number of hydrogen-bond acceptors (Lipinski definition) is 9. The Morgan fingerprint density at radius 2 is 0.867 bits per heavy atom. The topological polar surface area (TPSA) is 200 Å². The molecule has 0 heterocycles. The van der Waals surface area contributed by atoms with Crippen molar-refractivity contribution in [2.24, 2.45) is 15.0 Å². The SMILES string of the molecule is O=C=NCCc1c(CCN=C=O)c(C(=O)O)c(C(=O)O)c(CCN=C=O)c1C(=O)O. The third-order valence-corrected chi connectivity index (χ3v) is 4.08. The van der Waals surface area contributed by atoms with Gasteiger partial charge in [-0.3, -0.25) is 0 Å². The number of carbonyl (C=O) groups is 3. The lowest BCUT2D eigenvalue weighted by atomic mass is 9.82. The second-order valence-corrected chi connectivity index (χ2v) is 5.65. The van der Waals surface area contributed by atoms with Crippen molar-refractivity contribution in [3.63, 3.8) is 0 Å². The van der Waals surface area contributed by atoms with Gasteiger partial charge in [-0.05, 0) is 36.0 Å². The Kier molecular flexibility index (Phi) is 9.19. The summed E-state index contributed by atoms with van der Waals surface area (Å²) in [5.41, 5.74) is -2.53. The average Bonchev–Trinajstić information content (AvgIpc) is 2.68. The Morgan fingerprint density at radius 3 is 1.20 bits per heavy atom. The van der Waals surface area contributed by atoms with E-state index < -0.39 is 34.6 Å². The molecule has 12 heteroatoms. The zero-order valence-electron chi connectivity index (χ0n) is 15.4. The first-order chi connectivity index (χ1) is 14.3. The molecular formula is C18H15N3O9. The van der Waals surface area contributed by atoms with E-state index in [2.05, 4.69) is 15.0 Å². The van der Waals surface area contributed by atoms with E-state index in [0.29, 0.717) is 0 Å². The quantitative estimate of drug-likeness (QED) is 0.318. The molecule has 1 aromatic carbocycles. The number of nitrogens with zero attached hydrogens (tertiary/aromatic N) is 3. The maximum absolute atomic E-state index is 12.0. The summed E-state index contributed by atoms with van der Waals surface area (Å²) >= 11 is 0. The van der Waals surface area contributed by atoms with Crippen molar-refractivity contribution < 1.29 is 44.1 Å². The van der Waals surface area contributed by atoms with Crippen LogP contribution in [0.3, 0.4) is 0 Å². The normalized spacial score (nSPS) is 9.60. The summed E-state index contributed by atoms with van der Waals surface area (Å²) in [6.45, 7) is -0.852. The highest BCUT2D eigenvalue weighted by Crippen LogP contribution is 2.31. The van der Waals surface area contributed by atoms with E-state index in [-0.39, 0.29) is 55.6 Å². The van der Waals surface area contributed by atoms with E-state index in [0.717, 1.165) is 0 Å². The van der Waals surface area contributed by atoms with Gasteiger partial charge in [0.25, 0.3) is 0 Å². The van der Waals surface area contributed by atoms with E-state index in [1.807, 2.05) is 0 Å². The maximum atomic E-state index is 12.0. The number of rotatable bonds is 12. The number of aliphatic imine (C=N–C) groups is 3. The van der Waals surface area contributed by atoms with Gasteiger partial charge in [-0.15, -0.1) is 0 Å². The number of carboxylic acids is 3. The molecule has 12 nitrogen and oxygen atoms in total. The third kappa shape index (κ3) is 5.63. The molecule has 0 atom stereocenters. The van der Waals surface area contributed by atoms with E-state index in [1.54, 1.807) is 0 Å². The first-order valence-electron chi connectivity index (χ1n) is 8.33. The van der Waals surface area contributed by atoms with Crippen LogP contribution in [0.25, 0.3) is 0 Å². The van der Waals surface area contributed by atoms with Gasteiger partial charge in [0.2, 0.25) is 18.2 Å². The second kappa shape index (κ2) is 11.6. The molecule has 0 fully saturated rings. The van der Waals surface area contributed by atoms with Crippen molar-refractivity contribution in [1.29, 1.82) is 0 Å². The monoisotopic (exact) mass is 417 g/mol. The van der Waals surface area contributed by atoms with Gasteiger partial charge in [0.1, 0.15) is 0 Å². The summed E-state index contributed by atoms with van der Waals surface area (Å²) in [6.07, 6.45) is 2.90. The van der Waals surface area contributed by atoms with Gasteiger partial charge in [0, 0.05) is 0 Å². The molecule has 0 saturated carbocycles. The van der Waals surface area contributed by atoms with Gasteiger partial charge in [-0.25, -0.2) is 43.7 Å². The van der Waals surface area contributed by atoms with Gasteiger partial charge >= 0.3 is 17.9 Å². The lowest BCUT2D eigenvalue weighted by Gasteiger charge is -2.21. The van der Waals surface area contributed by atoms with Gasteiger partial charge in [-0.2, -0.15) is 0 Å². The van der Waals surface area contributed by atoms with Crippen LogP contribution in [0, 0.1) is 0 Å². The summed E-state index contributed by atoms with van der Waals surface area (Å²) in [6, 6.07) is 0. The molecule has 0 bridgehead atoms. The van der Waals surface area contributed by atoms with Crippen molar-refractivity contribution in [2.45, 2.75) is 19.3 Å². The standard InChI is InChI=1S/C18H15N3O9/c22-7-19-4-1-10-11(2-5-20-8-23)14(17(27)28)15(18(29)30)12(3-6-21-9-24)13(10)16(25)26/h1-6H2,(H,25,26)(H,27,28)(H,29,30). The van der Waals surface area contributed by atoms with Crippen molar-refractivity contribution in [3.05, 3.63) is 33.4 Å². The van der Waals surface area contributed by atoms with Crippen LogP contribution in [-0.2, 0) is 33.6 Å². The Morgan fingerprint density at radius 1 is 0.567 bits per heavy atom. The van der Waals surface area contributed by atoms with E-state index in [4.69, 9.17) is 0 Å². The zero-order chi connectivity index (χ0) is 22.7. The fourth-order valence-corrected chi connectivity index (χ4v) is 3.08. The van der Waals surface area contributed by atoms with Crippen molar-refractivity contribution in [2.75, 3.05) is 19.6 Å².